The number of hydrogen-bond acceptors (Lipinski definition) is 1. The van der Waals surface area contributed by atoms with E-state index in [0.717, 1.165) is 12.8 Å². The van der Waals surface area contributed by atoms with Crippen LogP contribution in [0.25, 0.3) is 0 Å². The molecule has 1 heteroatoms. The zero-order chi connectivity index (χ0) is 12.2. The van der Waals surface area contributed by atoms with Gasteiger partial charge in [-0.1, -0.05) is 31.9 Å². The first-order chi connectivity index (χ1) is 7.49. The first-order valence-electron chi connectivity index (χ1n) is 6.58. The minimum Gasteiger partial charge on any atom is -0.303 e. The molecule has 0 saturated heterocycles. The summed E-state index contributed by atoms with van der Waals surface area (Å²) in [5, 5.41) is 0. The van der Waals surface area contributed by atoms with E-state index in [0.29, 0.717) is 5.92 Å². The van der Waals surface area contributed by atoms with E-state index in [1.807, 2.05) is 0 Å². The van der Waals surface area contributed by atoms with Crippen molar-refractivity contribution in [1.82, 2.24) is 0 Å². The van der Waals surface area contributed by atoms with Crippen LogP contribution in [0.2, 0.25) is 0 Å². The second-order valence-electron chi connectivity index (χ2n) is 6.01. The van der Waals surface area contributed by atoms with Gasteiger partial charge in [0.05, 0.1) is 0 Å². The minimum atomic E-state index is 0.241. The van der Waals surface area contributed by atoms with Crippen LogP contribution in [0.15, 0.2) is 11.6 Å². The van der Waals surface area contributed by atoms with Gasteiger partial charge in [-0.25, -0.2) is 0 Å². The fourth-order valence-corrected chi connectivity index (χ4v) is 3.14. The van der Waals surface area contributed by atoms with Gasteiger partial charge in [0.1, 0.15) is 6.29 Å². The van der Waals surface area contributed by atoms with Crippen molar-refractivity contribution >= 4 is 6.29 Å². The summed E-state index contributed by atoms with van der Waals surface area (Å²) in [5.74, 6) is 0.842. The zero-order valence-corrected chi connectivity index (χ0v) is 11.3. The molecule has 1 aliphatic rings. The maximum absolute atomic E-state index is 11.3. The number of rotatable bonds is 4. The molecule has 0 aromatic carbocycles. The lowest BCUT2D eigenvalue weighted by Gasteiger charge is -2.42. The van der Waals surface area contributed by atoms with Gasteiger partial charge < -0.3 is 4.79 Å². The summed E-state index contributed by atoms with van der Waals surface area (Å²) >= 11 is 0. The van der Waals surface area contributed by atoms with Crippen molar-refractivity contribution in [3.8, 4) is 0 Å². The lowest BCUT2D eigenvalue weighted by atomic mass is 9.62. The summed E-state index contributed by atoms with van der Waals surface area (Å²) in [6.07, 6.45) is 9.52. The highest BCUT2D eigenvalue weighted by molar-refractivity contribution is 5.55. The van der Waals surface area contributed by atoms with Crippen LogP contribution in [0.5, 0.6) is 0 Å². The Balaban J connectivity index is 2.64. The predicted molar refractivity (Wildman–Crippen MR) is 69.3 cm³/mol. The molecule has 0 unspecified atom stereocenters. The molecule has 0 radical (unpaired) electrons. The molecule has 1 rings (SSSR count). The Hall–Kier alpha value is -0.590. The number of allylic oxidation sites excluding steroid dienone is 2. The summed E-state index contributed by atoms with van der Waals surface area (Å²) in [6, 6.07) is 0. The van der Waals surface area contributed by atoms with E-state index in [1.165, 1.54) is 31.1 Å². The van der Waals surface area contributed by atoms with E-state index >= 15 is 0 Å². The summed E-state index contributed by atoms with van der Waals surface area (Å²) in [7, 11) is 0. The third-order valence-corrected chi connectivity index (χ3v) is 4.24. The Morgan fingerprint density at radius 1 is 1.44 bits per heavy atom. The SMILES string of the molecule is CC(C)=CCC[C@]1(C)CCC[C@@H](C)[C@@H]1C=O. The van der Waals surface area contributed by atoms with Gasteiger partial charge in [0.25, 0.3) is 0 Å². The zero-order valence-electron chi connectivity index (χ0n) is 11.3. The summed E-state index contributed by atoms with van der Waals surface area (Å²) in [4.78, 5) is 11.3. The first-order valence-corrected chi connectivity index (χ1v) is 6.58. The van der Waals surface area contributed by atoms with Crippen LogP contribution >= 0.6 is 0 Å². The summed E-state index contributed by atoms with van der Waals surface area (Å²) in [5.41, 5.74) is 1.63. The quantitative estimate of drug-likeness (QED) is 0.510. The Labute approximate surface area is 100 Å². The van der Waals surface area contributed by atoms with E-state index in [-0.39, 0.29) is 11.3 Å². The Morgan fingerprint density at radius 2 is 2.12 bits per heavy atom. The molecule has 1 aliphatic carbocycles. The third-order valence-electron chi connectivity index (χ3n) is 4.24. The Kier molecular flexibility index (Phi) is 4.76. The maximum Gasteiger partial charge on any atom is 0.123 e. The molecule has 16 heavy (non-hydrogen) atoms. The van der Waals surface area contributed by atoms with Crippen molar-refractivity contribution in [2.24, 2.45) is 17.3 Å². The maximum atomic E-state index is 11.3. The fourth-order valence-electron chi connectivity index (χ4n) is 3.14. The van der Waals surface area contributed by atoms with Crippen molar-refractivity contribution in [2.75, 3.05) is 0 Å². The first kappa shape index (κ1) is 13.5. The molecule has 0 aromatic heterocycles. The van der Waals surface area contributed by atoms with Gasteiger partial charge >= 0.3 is 0 Å². The van der Waals surface area contributed by atoms with Gasteiger partial charge in [-0.2, -0.15) is 0 Å². The molecule has 0 aliphatic heterocycles. The van der Waals surface area contributed by atoms with Gasteiger partial charge in [0, 0.05) is 5.92 Å². The van der Waals surface area contributed by atoms with E-state index < -0.39 is 0 Å². The molecule has 0 heterocycles. The van der Waals surface area contributed by atoms with Gasteiger partial charge in [-0.3, -0.25) is 0 Å². The van der Waals surface area contributed by atoms with E-state index in [4.69, 9.17) is 0 Å². The molecule has 0 amide bonds. The highest BCUT2D eigenvalue weighted by Crippen LogP contribution is 2.46. The molecule has 3 atom stereocenters. The highest BCUT2D eigenvalue weighted by atomic mass is 16.1. The van der Waals surface area contributed by atoms with E-state index in [1.54, 1.807) is 0 Å². The predicted octanol–water partition coefficient (Wildman–Crippen LogP) is 4.37. The normalized spacial score (nSPS) is 34.5. The largest absolute Gasteiger partial charge is 0.303 e. The number of aldehydes is 1. The van der Waals surface area contributed by atoms with Crippen molar-refractivity contribution in [3.05, 3.63) is 11.6 Å². The van der Waals surface area contributed by atoms with Crippen LogP contribution in [0.1, 0.15) is 59.8 Å². The fraction of sp³-hybridized carbons (Fsp3) is 0.800. The molecule has 1 fully saturated rings. The average Bonchev–Trinajstić information content (AvgIpc) is 2.17. The van der Waals surface area contributed by atoms with Crippen LogP contribution in [0, 0.1) is 17.3 Å². The molecular weight excluding hydrogens is 196 g/mol. The van der Waals surface area contributed by atoms with Crippen molar-refractivity contribution < 1.29 is 4.79 Å². The molecule has 92 valence electrons. The Morgan fingerprint density at radius 3 is 2.69 bits per heavy atom. The molecule has 0 spiro atoms. The second-order valence-corrected chi connectivity index (χ2v) is 6.01. The number of hydrogen-bond donors (Lipinski definition) is 0. The van der Waals surface area contributed by atoms with Gasteiger partial charge in [-0.05, 0) is 50.9 Å². The molecule has 1 saturated carbocycles. The lowest BCUT2D eigenvalue weighted by Crippen LogP contribution is -2.37. The summed E-state index contributed by atoms with van der Waals surface area (Å²) in [6.45, 7) is 8.82. The van der Waals surface area contributed by atoms with Gasteiger partial charge in [0.2, 0.25) is 0 Å². The van der Waals surface area contributed by atoms with E-state index in [9.17, 15) is 4.79 Å². The van der Waals surface area contributed by atoms with Crippen LogP contribution in [0.4, 0.5) is 0 Å². The van der Waals surface area contributed by atoms with Crippen LogP contribution < -0.4 is 0 Å². The molecule has 0 aromatic rings. The lowest BCUT2D eigenvalue weighted by molar-refractivity contribution is -0.118. The van der Waals surface area contributed by atoms with Crippen LogP contribution in [-0.2, 0) is 4.79 Å². The van der Waals surface area contributed by atoms with Crippen LogP contribution in [0.3, 0.4) is 0 Å². The van der Waals surface area contributed by atoms with Crippen molar-refractivity contribution in [3.63, 3.8) is 0 Å². The standard InChI is InChI=1S/C15H26O/c1-12(2)7-5-9-15(4)10-6-8-13(3)14(15)11-16/h7,11,13-14H,5-6,8-10H2,1-4H3/t13-,14+,15-/m1/s1. The topological polar surface area (TPSA) is 17.1 Å². The third kappa shape index (κ3) is 3.20. The molecular formula is C15H26O. The molecule has 1 nitrogen and oxygen atoms in total. The average molecular weight is 222 g/mol. The van der Waals surface area contributed by atoms with Gasteiger partial charge in [-0.15, -0.1) is 0 Å². The summed E-state index contributed by atoms with van der Waals surface area (Å²) < 4.78 is 0. The smallest absolute Gasteiger partial charge is 0.123 e. The second kappa shape index (κ2) is 5.65. The number of carbonyl (C=O) groups excluding carboxylic acids is 1. The molecule has 0 bridgehead atoms. The minimum absolute atomic E-state index is 0.241. The van der Waals surface area contributed by atoms with E-state index in [2.05, 4.69) is 33.8 Å². The number of carbonyl (C=O) groups is 1. The Bertz CT molecular complexity index is 263. The van der Waals surface area contributed by atoms with Crippen molar-refractivity contribution in [1.29, 1.82) is 0 Å². The monoisotopic (exact) mass is 222 g/mol. The van der Waals surface area contributed by atoms with Crippen LogP contribution in [-0.4, -0.2) is 6.29 Å². The molecule has 0 N–H and O–H groups in total. The van der Waals surface area contributed by atoms with Crippen molar-refractivity contribution in [2.45, 2.75) is 59.8 Å². The highest BCUT2D eigenvalue weighted by Gasteiger charge is 2.39. The van der Waals surface area contributed by atoms with Gasteiger partial charge in [0.15, 0.2) is 0 Å².